The van der Waals surface area contributed by atoms with Crippen molar-refractivity contribution in [3.05, 3.63) is 41.2 Å². The van der Waals surface area contributed by atoms with Crippen LogP contribution in [0.1, 0.15) is 21.8 Å². The largest absolute Gasteiger partial charge is 0.381 e. The monoisotopic (exact) mass is 250 g/mol. The van der Waals surface area contributed by atoms with Crippen molar-refractivity contribution in [1.29, 1.82) is 0 Å². The molecule has 0 atom stereocenters. The highest BCUT2D eigenvalue weighted by atomic mass is 19.1. The van der Waals surface area contributed by atoms with Crippen molar-refractivity contribution in [2.24, 2.45) is 0 Å². The lowest BCUT2D eigenvalue weighted by Gasteiger charge is -2.04. The average molecular weight is 250 g/mol. The second kappa shape index (κ2) is 4.82. The Morgan fingerprint density at radius 1 is 1.61 bits per heavy atom. The van der Waals surface area contributed by atoms with Crippen LogP contribution in [0.2, 0.25) is 0 Å². The topological polar surface area (TPSA) is 94.0 Å². The van der Waals surface area contributed by atoms with Gasteiger partial charge in [0, 0.05) is 12.3 Å². The molecule has 2 heterocycles. The molecule has 0 saturated heterocycles. The second-order valence-electron chi connectivity index (χ2n) is 3.68. The molecule has 2 rings (SSSR count). The first kappa shape index (κ1) is 12.0. The van der Waals surface area contributed by atoms with Crippen molar-refractivity contribution >= 4 is 11.7 Å². The van der Waals surface area contributed by atoms with Gasteiger partial charge in [0.05, 0.1) is 17.8 Å². The van der Waals surface area contributed by atoms with E-state index in [2.05, 4.69) is 15.5 Å². The zero-order chi connectivity index (χ0) is 13.1. The number of carbonyl (C=O) groups excluding carboxylic acids is 1. The quantitative estimate of drug-likeness (QED) is 0.848. The van der Waals surface area contributed by atoms with Gasteiger partial charge in [0.25, 0.3) is 5.91 Å². The number of rotatable bonds is 3. The van der Waals surface area contributed by atoms with Crippen molar-refractivity contribution in [2.75, 3.05) is 5.73 Å². The van der Waals surface area contributed by atoms with Crippen LogP contribution in [-0.4, -0.2) is 16.0 Å². The molecule has 3 N–H and O–H groups in total. The van der Waals surface area contributed by atoms with Crippen molar-refractivity contribution in [2.45, 2.75) is 13.5 Å². The van der Waals surface area contributed by atoms with Crippen molar-refractivity contribution in [3.63, 3.8) is 0 Å². The summed E-state index contributed by atoms with van der Waals surface area (Å²) in [5.41, 5.74) is 5.83. The molecule has 0 aliphatic rings. The number of anilines is 1. The Labute approximate surface area is 102 Å². The molecule has 94 valence electrons. The first-order valence-electron chi connectivity index (χ1n) is 5.18. The van der Waals surface area contributed by atoms with Gasteiger partial charge in [-0.25, -0.2) is 9.37 Å². The van der Waals surface area contributed by atoms with E-state index in [1.54, 1.807) is 13.0 Å². The van der Waals surface area contributed by atoms with Crippen molar-refractivity contribution < 1.29 is 13.7 Å². The van der Waals surface area contributed by atoms with Crippen LogP contribution in [0.25, 0.3) is 0 Å². The number of pyridine rings is 1. The Kier molecular flexibility index (Phi) is 3.22. The van der Waals surface area contributed by atoms with E-state index in [0.717, 1.165) is 0 Å². The van der Waals surface area contributed by atoms with E-state index in [0.29, 0.717) is 11.5 Å². The Hall–Kier alpha value is -2.44. The van der Waals surface area contributed by atoms with Crippen LogP contribution in [0, 0.1) is 12.7 Å². The molecular formula is C11H11FN4O2. The Morgan fingerprint density at radius 3 is 3.06 bits per heavy atom. The van der Waals surface area contributed by atoms with Gasteiger partial charge in [0.15, 0.2) is 17.4 Å². The number of nitrogen functional groups attached to an aromatic ring is 1. The minimum absolute atomic E-state index is 0.126. The number of aromatic nitrogens is 2. The molecule has 2 aromatic heterocycles. The first-order chi connectivity index (χ1) is 8.58. The highest BCUT2D eigenvalue weighted by Crippen LogP contribution is 2.11. The standard InChI is InChI=1S/C11H11FN4O2/c1-6-4-7(18-16-6)5-15-11(17)8-2-3-14-10(13)9(8)12/h2-4H,5H2,1H3,(H2,13,14)(H,15,17). The predicted octanol–water partition coefficient (Wildman–Crippen LogP) is 1.03. The molecule has 0 aromatic carbocycles. The van der Waals surface area contributed by atoms with Crippen molar-refractivity contribution in [3.8, 4) is 0 Å². The van der Waals surface area contributed by atoms with Gasteiger partial charge in [-0.1, -0.05) is 5.16 Å². The molecule has 0 spiro atoms. The molecule has 0 bridgehead atoms. The lowest BCUT2D eigenvalue weighted by molar-refractivity contribution is 0.0943. The van der Waals surface area contributed by atoms with Crippen LogP contribution >= 0.6 is 0 Å². The summed E-state index contributed by atoms with van der Waals surface area (Å²) in [5, 5.41) is 6.17. The van der Waals surface area contributed by atoms with Gasteiger partial charge in [-0.3, -0.25) is 4.79 Å². The summed E-state index contributed by atoms with van der Waals surface area (Å²) in [7, 11) is 0. The smallest absolute Gasteiger partial charge is 0.254 e. The zero-order valence-corrected chi connectivity index (χ0v) is 9.61. The molecule has 0 unspecified atom stereocenters. The Morgan fingerprint density at radius 2 is 2.39 bits per heavy atom. The molecule has 6 nitrogen and oxygen atoms in total. The van der Waals surface area contributed by atoms with Crippen LogP contribution in [0.15, 0.2) is 22.9 Å². The van der Waals surface area contributed by atoms with Crippen molar-refractivity contribution in [1.82, 2.24) is 15.5 Å². The summed E-state index contributed by atoms with van der Waals surface area (Å²) in [4.78, 5) is 15.2. The van der Waals surface area contributed by atoms with E-state index in [4.69, 9.17) is 10.3 Å². The van der Waals surface area contributed by atoms with Gasteiger partial charge in [0.1, 0.15) is 0 Å². The van der Waals surface area contributed by atoms with Crippen LogP contribution < -0.4 is 11.1 Å². The number of halogens is 1. The number of hydrogen-bond acceptors (Lipinski definition) is 5. The second-order valence-corrected chi connectivity index (χ2v) is 3.68. The Bertz CT molecular complexity index is 582. The molecule has 0 aliphatic carbocycles. The van der Waals surface area contributed by atoms with E-state index >= 15 is 0 Å². The normalized spacial score (nSPS) is 10.3. The summed E-state index contributed by atoms with van der Waals surface area (Å²) in [5.74, 6) is -1.24. The van der Waals surface area contributed by atoms with E-state index in [-0.39, 0.29) is 17.9 Å². The van der Waals surface area contributed by atoms with Gasteiger partial charge >= 0.3 is 0 Å². The summed E-state index contributed by atoms with van der Waals surface area (Å²) in [6.07, 6.45) is 1.27. The highest BCUT2D eigenvalue weighted by molar-refractivity contribution is 5.94. The van der Waals surface area contributed by atoms with Crippen LogP contribution in [0.3, 0.4) is 0 Å². The van der Waals surface area contributed by atoms with Crippen LogP contribution in [-0.2, 0) is 6.54 Å². The van der Waals surface area contributed by atoms with Gasteiger partial charge in [0.2, 0.25) is 0 Å². The fourth-order valence-electron chi connectivity index (χ4n) is 1.40. The predicted molar refractivity (Wildman–Crippen MR) is 61.0 cm³/mol. The van der Waals surface area contributed by atoms with Crippen LogP contribution in [0.4, 0.5) is 10.2 Å². The maximum Gasteiger partial charge on any atom is 0.254 e. The minimum atomic E-state index is -0.830. The molecule has 0 aliphatic heterocycles. The summed E-state index contributed by atoms with van der Waals surface area (Å²) < 4.78 is 18.4. The molecule has 7 heteroatoms. The highest BCUT2D eigenvalue weighted by Gasteiger charge is 2.14. The molecule has 0 radical (unpaired) electrons. The number of carbonyl (C=O) groups is 1. The fourth-order valence-corrected chi connectivity index (χ4v) is 1.40. The molecule has 0 fully saturated rings. The van der Waals surface area contributed by atoms with Gasteiger partial charge < -0.3 is 15.6 Å². The minimum Gasteiger partial charge on any atom is -0.381 e. The van der Waals surface area contributed by atoms with Gasteiger partial charge in [-0.15, -0.1) is 0 Å². The maximum absolute atomic E-state index is 13.5. The lowest BCUT2D eigenvalue weighted by atomic mass is 10.2. The number of aryl methyl sites for hydroxylation is 1. The SMILES string of the molecule is Cc1cc(CNC(=O)c2ccnc(N)c2F)on1. The lowest BCUT2D eigenvalue weighted by Crippen LogP contribution is -2.24. The maximum atomic E-state index is 13.5. The number of nitrogens with two attached hydrogens (primary N) is 1. The first-order valence-corrected chi connectivity index (χ1v) is 5.18. The summed E-state index contributed by atoms with van der Waals surface area (Å²) in [6, 6.07) is 2.93. The van der Waals surface area contributed by atoms with Gasteiger partial charge in [-0.2, -0.15) is 0 Å². The average Bonchev–Trinajstić information content (AvgIpc) is 2.76. The third-order valence-electron chi connectivity index (χ3n) is 2.26. The van der Waals surface area contributed by atoms with E-state index in [9.17, 15) is 9.18 Å². The number of amides is 1. The van der Waals surface area contributed by atoms with E-state index in [1.165, 1.54) is 12.3 Å². The Balaban J connectivity index is 2.06. The molecule has 1 amide bonds. The summed E-state index contributed by atoms with van der Waals surface area (Å²) in [6.45, 7) is 1.89. The van der Waals surface area contributed by atoms with E-state index in [1.807, 2.05) is 0 Å². The molecule has 2 aromatic rings. The molecule has 0 saturated carbocycles. The molecular weight excluding hydrogens is 239 g/mol. The van der Waals surface area contributed by atoms with E-state index < -0.39 is 11.7 Å². The third-order valence-corrected chi connectivity index (χ3v) is 2.26. The number of nitrogens with zero attached hydrogens (tertiary/aromatic N) is 2. The zero-order valence-electron chi connectivity index (χ0n) is 9.61. The van der Waals surface area contributed by atoms with Crippen LogP contribution in [0.5, 0.6) is 0 Å². The van der Waals surface area contributed by atoms with Gasteiger partial charge in [-0.05, 0) is 13.0 Å². The number of hydrogen-bond donors (Lipinski definition) is 2. The fraction of sp³-hybridized carbons (Fsp3) is 0.182. The third kappa shape index (κ3) is 2.45. The molecule has 18 heavy (non-hydrogen) atoms. The number of nitrogens with one attached hydrogen (secondary N) is 1. The summed E-state index contributed by atoms with van der Waals surface area (Å²) >= 11 is 0.